The van der Waals surface area contributed by atoms with Gasteiger partial charge in [0.25, 0.3) is 5.91 Å². The second-order valence-corrected chi connectivity index (χ2v) is 6.36. The van der Waals surface area contributed by atoms with E-state index in [1.54, 1.807) is 12.1 Å². The minimum absolute atomic E-state index is 0.0518. The summed E-state index contributed by atoms with van der Waals surface area (Å²) in [5, 5.41) is 2.08. The van der Waals surface area contributed by atoms with E-state index < -0.39 is 35.9 Å². The summed E-state index contributed by atoms with van der Waals surface area (Å²) >= 11 is 1.20. The van der Waals surface area contributed by atoms with Gasteiger partial charge in [-0.3, -0.25) is 9.59 Å². The molecular formula is C18H15F4NO3S. The number of rotatable bonds is 7. The highest BCUT2D eigenvalue weighted by atomic mass is 32.2. The molecule has 9 heteroatoms. The van der Waals surface area contributed by atoms with Crippen molar-refractivity contribution in [3.8, 4) is 0 Å². The molecule has 1 amide bonds. The van der Waals surface area contributed by atoms with Crippen LogP contribution in [0.2, 0.25) is 0 Å². The molecule has 0 bridgehead atoms. The normalized spacial score (nSPS) is 11.1. The molecule has 0 fully saturated rings. The lowest BCUT2D eigenvalue weighted by Gasteiger charge is -2.13. The molecule has 0 saturated heterocycles. The zero-order valence-electron chi connectivity index (χ0n) is 13.9. The third-order valence-electron chi connectivity index (χ3n) is 3.27. The third-order valence-corrected chi connectivity index (χ3v) is 4.25. The van der Waals surface area contributed by atoms with Crippen LogP contribution in [0.3, 0.4) is 0 Å². The van der Waals surface area contributed by atoms with Gasteiger partial charge in [0.2, 0.25) is 0 Å². The van der Waals surface area contributed by atoms with Gasteiger partial charge in [0, 0.05) is 5.75 Å². The van der Waals surface area contributed by atoms with Gasteiger partial charge in [-0.25, -0.2) is 4.39 Å². The van der Waals surface area contributed by atoms with Crippen molar-refractivity contribution in [3.05, 3.63) is 65.5 Å². The first-order valence-corrected chi connectivity index (χ1v) is 8.85. The van der Waals surface area contributed by atoms with Crippen molar-refractivity contribution in [2.24, 2.45) is 0 Å². The van der Waals surface area contributed by atoms with Crippen LogP contribution in [0.4, 0.5) is 23.2 Å². The summed E-state index contributed by atoms with van der Waals surface area (Å²) in [7, 11) is 0. The maximum absolute atomic E-state index is 12.9. The van der Waals surface area contributed by atoms with Gasteiger partial charge in [-0.1, -0.05) is 24.3 Å². The maximum Gasteiger partial charge on any atom is 0.418 e. The highest BCUT2D eigenvalue weighted by Crippen LogP contribution is 2.34. The lowest BCUT2D eigenvalue weighted by atomic mass is 10.1. The molecule has 0 atom stereocenters. The Balaban J connectivity index is 1.75. The van der Waals surface area contributed by atoms with Gasteiger partial charge in [-0.15, -0.1) is 11.8 Å². The molecule has 0 spiro atoms. The monoisotopic (exact) mass is 401 g/mol. The lowest BCUT2D eigenvalue weighted by Crippen LogP contribution is -2.23. The molecule has 0 unspecified atom stereocenters. The number of amides is 1. The second kappa shape index (κ2) is 9.40. The SMILES string of the molecule is O=C(COC(=O)CSCc1ccc(F)cc1)Nc1ccccc1C(F)(F)F. The first-order valence-electron chi connectivity index (χ1n) is 7.69. The number of anilines is 1. The Morgan fingerprint density at radius 1 is 1.04 bits per heavy atom. The molecule has 27 heavy (non-hydrogen) atoms. The Morgan fingerprint density at radius 3 is 2.37 bits per heavy atom. The first-order chi connectivity index (χ1) is 12.8. The molecule has 144 valence electrons. The fraction of sp³-hybridized carbons (Fsp3) is 0.222. The zero-order chi connectivity index (χ0) is 19.9. The second-order valence-electron chi connectivity index (χ2n) is 5.37. The predicted octanol–water partition coefficient (Wildman–Crippen LogP) is 4.26. The zero-order valence-corrected chi connectivity index (χ0v) is 14.7. The van der Waals surface area contributed by atoms with E-state index in [0.29, 0.717) is 5.75 Å². The standard InChI is InChI=1S/C18H15F4NO3S/c19-13-7-5-12(6-8-13)10-27-11-17(25)26-9-16(24)23-15-4-2-1-3-14(15)18(20,21)22/h1-8H,9-11H2,(H,23,24). The number of hydrogen-bond donors (Lipinski definition) is 1. The molecule has 0 radical (unpaired) electrons. The average molecular weight is 401 g/mol. The van der Waals surface area contributed by atoms with E-state index in [1.807, 2.05) is 0 Å². The van der Waals surface area contributed by atoms with E-state index in [4.69, 9.17) is 4.74 Å². The van der Waals surface area contributed by atoms with Crippen LogP contribution in [0, 0.1) is 5.82 Å². The third kappa shape index (κ3) is 6.93. The minimum atomic E-state index is -4.61. The minimum Gasteiger partial charge on any atom is -0.455 e. The van der Waals surface area contributed by atoms with Crippen LogP contribution in [0.15, 0.2) is 48.5 Å². The Labute approximate surface area is 156 Å². The molecule has 0 aliphatic heterocycles. The van der Waals surface area contributed by atoms with Crippen molar-refractivity contribution in [1.82, 2.24) is 0 Å². The molecule has 0 heterocycles. The fourth-order valence-corrected chi connectivity index (χ4v) is 2.83. The highest BCUT2D eigenvalue weighted by molar-refractivity contribution is 7.99. The van der Waals surface area contributed by atoms with Crippen LogP contribution >= 0.6 is 11.8 Å². The number of carbonyl (C=O) groups is 2. The lowest BCUT2D eigenvalue weighted by molar-refractivity contribution is -0.144. The van der Waals surface area contributed by atoms with Crippen LogP contribution in [0.5, 0.6) is 0 Å². The summed E-state index contributed by atoms with van der Waals surface area (Å²) in [4.78, 5) is 23.3. The Morgan fingerprint density at radius 2 is 1.70 bits per heavy atom. The molecule has 2 aromatic rings. The smallest absolute Gasteiger partial charge is 0.418 e. The van der Waals surface area contributed by atoms with Crippen LogP contribution in [0.25, 0.3) is 0 Å². The van der Waals surface area contributed by atoms with Gasteiger partial charge in [0.05, 0.1) is 17.0 Å². The number of thioether (sulfide) groups is 1. The number of halogens is 4. The number of hydrogen-bond acceptors (Lipinski definition) is 4. The molecule has 2 rings (SSSR count). The average Bonchev–Trinajstić information content (AvgIpc) is 2.61. The van der Waals surface area contributed by atoms with Crippen molar-refractivity contribution in [2.45, 2.75) is 11.9 Å². The number of alkyl halides is 3. The molecule has 2 aromatic carbocycles. The van der Waals surface area contributed by atoms with Crippen LogP contribution in [-0.4, -0.2) is 24.2 Å². The molecule has 0 aliphatic rings. The van der Waals surface area contributed by atoms with E-state index in [9.17, 15) is 27.2 Å². The quantitative estimate of drug-likeness (QED) is 0.557. The Hall–Kier alpha value is -2.55. The summed E-state index contributed by atoms with van der Waals surface area (Å²) in [6.45, 7) is -0.692. The summed E-state index contributed by atoms with van der Waals surface area (Å²) in [6, 6.07) is 10.3. The molecular weight excluding hydrogens is 386 g/mol. The van der Waals surface area contributed by atoms with Crippen LogP contribution in [-0.2, 0) is 26.3 Å². The van der Waals surface area contributed by atoms with Gasteiger partial charge in [0.1, 0.15) is 5.82 Å². The number of carbonyl (C=O) groups excluding carboxylic acids is 2. The molecule has 1 N–H and O–H groups in total. The summed E-state index contributed by atoms with van der Waals surface area (Å²) in [6.07, 6.45) is -4.61. The van der Waals surface area contributed by atoms with Crippen molar-refractivity contribution in [3.63, 3.8) is 0 Å². The van der Waals surface area contributed by atoms with Crippen molar-refractivity contribution in [1.29, 1.82) is 0 Å². The van der Waals surface area contributed by atoms with E-state index in [2.05, 4.69) is 5.32 Å². The van der Waals surface area contributed by atoms with E-state index in [1.165, 1.54) is 36.0 Å². The van der Waals surface area contributed by atoms with Gasteiger partial charge < -0.3 is 10.1 Å². The summed E-state index contributed by atoms with van der Waals surface area (Å²) in [5.41, 5.74) is -0.577. The number of esters is 1. The number of nitrogens with one attached hydrogen (secondary N) is 1. The van der Waals surface area contributed by atoms with Gasteiger partial charge in [0.15, 0.2) is 6.61 Å². The molecule has 0 aromatic heterocycles. The van der Waals surface area contributed by atoms with Crippen molar-refractivity contribution < 1.29 is 31.9 Å². The summed E-state index contributed by atoms with van der Waals surface area (Å²) < 4.78 is 56.1. The van der Waals surface area contributed by atoms with Gasteiger partial charge >= 0.3 is 12.1 Å². The molecule has 0 aliphatic carbocycles. The number of benzene rings is 2. The highest BCUT2D eigenvalue weighted by Gasteiger charge is 2.33. The van der Waals surface area contributed by atoms with Gasteiger partial charge in [-0.05, 0) is 29.8 Å². The maximum atomic E-state index is 12.9. The number of ether oxygens (including phenoxy) is 1. The van der Waals surface area contributed by atoms with Crippen LogP contribution in [0.1, 0.15) is 11.1 Å². The predicted molar refractivity (Wildman–Crippen MR) is 93.6 cm³/mol. The molecule has 4 nitrogen and oxygen atoms in total. The fourth-order valence-electron chi connectivity index (χ4n) is 2.05. The largest absolute Gasteiger partial charge is 0.455 e. The topological polar surface area (TPSA) is 55.4 Å². The summed E-state index contributed by atoms with van der Waals surface area (Å²) in [5.74, 6) is -1.52. The van der Waals surface area contributed by atoms with E-state index in [-0.39, 0.29) is 11.6 Å². The first kappa shape index (κ1) is 20.8. The number of para-hydroxylation sites is 1. The Kier molecular flexibility index (Phi) is 7.23. The van der Waals surface area contributed by atoms with Crippen molar-refractivity contribution in [2.75, 3.05) is 17.7 Å². The van der Waals surface area contributed by atoms with E-state index >= 15 is 0 Å². The van der Waals surface area contributed by atoms with Crippen molar-refractivity contribution >= 4 is 29.3 Å². The molecule has 0 saturated carbocycles. The van der Waals surface area contributed by atoms with Gasteiger partial charge in [-0.2, -0.15) is 13.2 Å². The van der Waals surface area contributed by atoms with E-state index in [0.717, 1.165) is 17.7 Å². The van der Waals surface area contributed by atoms with Crippen LogP contribution < -0.4 is 5.32 Å². The Bertz CT molecular complexity index is 794.